The largest absolute Gasteiger partial charge is 0.355 e. The lowest BCUT2D eigenvalue weighted by atomic mass is 9.97. The van der Waals surface area contributed by atoms with Crippen molar-refractivity contribution in [3.63, 3.8) is 0 Å². The van der Waals surface area contributed by atoms with Gasteiger partial charge in [0.05, 0.1) is 0 Å². The molecule has 0 saturated carbocycles. The van der Waals surface area contributed by atoms with Crippen molar-refractivity contribution in [2.75, 3.05) is 6.54 Å². The van der Waals surface area contributed by atoms with E-state index < -0.39 is 11.8 Å². The minimum absolute atomic E-state index is 0.248. The van der Waals surface area contributed by atoms with Crippen LogP contribution in [0.4, 0.5) is 0 Å². The Morgan fingerprint density at radius 1 is 0.875 bits per heavy atom. The molecule has 1 atom stereocenters. The van der Waals surface area contributed by atoms with Crippen LogP contribution in [0.1, 0.15) is 17.5 Å². The van der Waals surface area contributed by atoms with Gasteiger partial charge in [0, 0.05) is 6.54 Å². The number of hydrogen-bond donors (Lipinski definition) is 3. The molecule has 24 heavy (non-hydrogen) atoms. The summed E-state index contributed by atoms with van der Waals surface area (Å²) in [7, 11) is 0. The van der Waals surface area contributed by atoms with Crippen LogP contribution in [0.3, 0.4) is 0 Å². The van der Waals surface area contributed by atoms with E-state index in [4.69, 9.17) is 5.21 Å². The van der Waals surface area contributed by atoms with E-state index in [0.717, 1.165) is 18.4 Å². The predicted octanol–water partition coefficient (Wildman–Crippen LogP) is 2.10. The minimum Gasteiger partial charge on any atom is -0.355 e. The highest BCUT2D eigenvalue weighted by molar-refractivity contribution is 6.00. The van der Waals surface area contributed by atoms with Crippen LogP contribution in [0.25, 0.3) is 0 Å². The predicted molar refractivity (Wildman–Crippen MR) is 91.3 cm³/mol. The first kappa shape index (κ1) is 17.7. The maximum Gasteiger partial charge on any atom is 0.256 e. The maximum atomic E-state index is 12.3. The Hall–Kier alpha value is -2.66. The topological polar surface area (TPSA) is 78.4 Å². The van der Waals surface area contributed by atoms with Gasteiger partial charge in [-0.3, -0.25) is 14.8 Å². The first-order valence-electron chi connectivity index (χ1n) is 8.00. The molecule has 2 aromatic carbocycles. The summed E-state index contributed by atoms with van der Waals surface area (Å²) in [4.78, 5) is 24.1. The van der Waals surface area contributed by atoms with Gasteiger partial charge < -0.3 is 5.32 Å². The van der Waals surface area contributed by atoms with Gasteiger partial charge in [-0.25, -0.2) is 5.48 Å². The number of benzene rings is 2. The van der Waals surface area contributed by atoms with Crippen LogP contribution < -0.4 is 10.8 Å². The van der Waals surface area contributed by atoms with E-state index >= 15 is 0 Å². The second-order valence-corrected chi connectivity index (χ2v) is 5.60. The van der Waals surface area contributed by atoms with Crippen molar-refractivity contribution in [2.24, 2.45) is 5.92 Å². The number of carbonyl (C=O) groups is 2. The van der Waals surface area contributed by atoms with Gasteiger partial charge in [-0.2, -0.15) is 0 Å². The number of hydrogen-bond acceptors (Lipinski definition) is 3. The summed E-state index contributed by atoms with van der Waals surface area (Å²) in [6.45, 7) is 0.484. The molecule has 2 rings (SSSR count). The van der Waals surface area contributed by atoms with Crippen LogP contribution in [0, 0.1) is 5.92 Å². The standard InChI is InChI=1S/C19H22N2O3/c22-18(20-13-7-12-15-8-3-1-4-9-15)17(19(23)21-24)14-16-10-5-2-6-11-16/h1-6,8-11,17,24H,7,12-14H2,(H,20,22)(H,21,23)/t17-/m0/s1. The molecule has 0 aliphatic heterocycles. The molecule has 0 saturated heterocycles. The molecule has 126 valence electrons. The fraction of sp³-hybridized carbons (Fsp3) is 0.263. The molecular weight excluding hydrogens is 304 g/mol. The molecule has 3 N–H and O–H groups in total. The lowest BCUT2D eigenvalue weighted by molar-refractivity contribution is -0.140. The lowest BCUT2D eigenvalue weighted by Crippen LogP contribution is -2.41. The highest BCUT2D eigenvalue weighted by atomic mass is 16.5. The van der Waals surface area contributed by atoms with Gasteiger partial charge >= 0.3 is 0 Å². The number of amides is 2. The molecule has 0 fully saturated rings. The van der Waals surface area contributed by atoms with Crippen LogP contribution in [0.2, 0.25) is 0 Å². The zero-order chi connectivity index (χ0) is 17.2. The second kappa shape index (κ2) is 9.47. The molecule has 0 aliphatic rings. The van der Waals surface area contributed by atoms with Gasteiger partial charge in [0.1, 0.15) is 5.92 Å². The van der Waals surface area contributed by atoms with Crippen molar-refractivity contribution in [2.45, 2.75) is 19.3 Å². The first-order chi connectivity index (χ1) is 11.7. The number of carbonyl (C=O) groups excluding carboxylic acids is 2. The van der Waals surface area contributed by atoms with Crippen molar-refractivity contribution in [1.29, 1.82) is 0 Å². The van der Waals surface area contributed by atoms with Crippen LogP contribution >= 0.6 is 0 Å². The van der Waals surface area contributed by atoms with Gasteiger partial charge in [-0.05, 0) is 30.4 Å². The normalized spacial score (nSPS) is 11.5. The monoisotopic (exact) mass is 326 g/mol. The molecular formula is C19H22N2O3. The Bertz CT molecular complexity index is 644. The van der Waals surface area contributed by atoms with Crippen molar-refractivity contribution in [3.8, 4) is 0 Å². The van der Waals surface area contributed by atoms with Gasteiger partial charge in [-0.15, -0.1) is 0 Å². The molecule has 2 aromatic rings. The Morgan fingerprint density at radius 2 is 1.46 bits per heavy atom. The summed E-state index contributed by atoms with van der Waals surface area (Å²) in [6.07, 6.45) is 1.89. The van der Waals surface area contributed by atoms with E-state index in [0.29, 0.717) is 6.54 Å². The molecule has 0 aromatic heterocycles. The molecule has 0 bridgehead atoms. The Balaban J connectivity index is 1.85. The van der Waals surface area contributed by atoms with Crippen LogP contribution in [0.5, 0.6) is 0 Å². The summed E-state index contributed by atoms with van der Waals surface area (Å²) in [5.41, 5.74) is 3.66. The highest BCUT2D eigenvalue weighted by Crippen LogP contribution is 2.10. The van der Waals surface area contributed by atoms with Crippen molar-refractivity contribution < 1.29 is 14.8 Å². The smallest absolute Gasteiger partial charge is 0.256 e. The van der Waals surface area contributed by atoms with Crippen molar-refractivity contribution in [1.82, 2.24) is 10.8 Å². The van der Waals surface area contributed by atoms with Gasteiger partial charge in [0.25, 0.3) is 5.91 Å². The molecule has 0 heterocycles. The maximum absolute atomic E-state index is 12.3. The van der Waals surface area contributed by atoms with Crippen molar-refractivity contribution >= 4 is 11.8 Å². The molecule has 5 heteroatoms. The number of rotatable bonds is 8. The fourth-order valence-corrected chi connectivity index (χ4v) is 2.50. The Labute approximate surface area is 141 Å². The van der Waals surface area contributed by atoms with Gasteiger partial charge in [0.15, 0.2) is 0 Å². The van der Waals surface area contributed by atoms with Crippen LogP contribution in [-0.4, -0.2) is 23.6 Å². The van der Waals surface area contributed by atoms with E-state index in [2.05, 4.69) is 5.32 Å². The third-order valence-corrected chi connectivity index (χ3v) is 3.81. The Morgan fingerprint density at radius 3 is 2.04 bits per heavy atom. The number of nitrogens with one attached hydrogen (secondary N) is 2. The average molecular weight is 326 g/mol. The summed E-state index contributed by atoms with van der Waals surface area (Å²) in [5.74, 6) is -2.02. The average Bonchev–Trinajstić information content (AvgIpc) is 2.64. The first-order valence-corrected chi connectivity index (χ1v) is 8.00. The zero-order valence-electron chi connectivity index (χ0n) is 13.4. The second-order valence-electron chi connectivity index (χ2n) is 5.60. The van der Waals surface area contributed by atoms with E-state index in [-0.39, 0.29) is 12.3 Å². The number of aryl methyl sites for hydroxylation is 1. The molecule has 0 aliphatic carbocycles. The zero-order valence-corrected chi connectivity index (χ0v) is 13.4. The van der Waals surface area contributed by atoms with Gasteiger partial charge in [-0.1, -0.05) is 60.7 Å². The molecule has 0 radical (unpaired) electrons. The van der Waals surface area contributed by atoms with E-state index in [1.54, 1.807) is 5.48 Å². The molecule has 0 unspecified atom stereocenters. The van der Waals surface area contributed by atoms with Crippen LogP contribution in [0.15, 0.2) is 60.7 Å². The summed E-state index contributed by atoms with van der Waals surface area (Å²) in [5, 5.41) is 11.7. The lowest BCUT2D eigenvalue weighted by Gasteiger charge is -2.15. The fourth-order valence-electron chi connectivity index (χ4n) is 2.50. The van der Waals surface area contributed by atoms with Gasteiger partial charge in [0.2, 0.25) is 5.91 Å². The van der Waals surface area contributed by atoms with E-state index in [9.17, 15) is 9.59 Å². The minimum atomic E-state index is -0.950. The molecule has 2 amide bonds. The third kappa shape index (κ3) is 5.52. The summed E-state index contributed by atoms with van der Waals surface area (Å²) >= 11 is 0. The van der Waals surface area contributed by atoms with Crippen molar-refractivity contribution in [3.05, 3.63) is 71.8 Å². The quantitative estimate of drug-likeness (QED) is 0.301. The third-order valence-electron chi connectivity index (χ3n) is 3.81. The number of hydroxylamine groups is 1. The molecule has 0 spiro atoms. The highest BCUT2D eigenvalue weighted by Gasteiger charge is 2.26. The molecule has 5 nitrogen and oxygen atoms in total. The SMILES string of the molecule is O=C(NO)[C@@H](Cc1ccccc1)C(=O)NCCCc1ccccc1. The van der Waals surface area contributed by atoms with E-state index in [1.165, 1.54) is 5.56 Å². The summed E-state index contributed by atoms with van der Waals surface area (Å²) < 4.78 is 0. The summed E-state index contributed by atoms with van der Waals surface area (Å²) in [6, 6.07) is 19.3. The Kier molecular flexibility index (Phi) is 6.98. The van der Waals surface area contributed by atoms with E-state index in [1.807, 2.05) is 60.7 Å². The van der Waals surface area contributed by atoms with Crippen LogP contribution in [-0.2, 0) is 22.4 Å².